The summed E-state index contributed by atoms with van der Waals surface area (Å²) in [6.07, 6.45) is 4.42. The van der Waals surface area contributed by atoms with Gasteiger partial charge in [0.15, 0.2) is 0 Å². The molecule has 1 aromatic rings. The standard InChI is InChI=1S/C17H24N2OS/c1-2-21-16-9-5-8-14(16)19-17(20)15-10-12-6-3-4-7-13(12)11-18-15/h3-4,6-7,14-16,18H,2,5,8-11H2,1H3,(H,19,20). The molecular weight excluding hydrogens is 280 g/mol. The van der Waals surface area contributed by atoms with Crippen LogP contribution in [0.4, 0.5) is 0 Å². The van der Waals surface area contributed by atoms with E-state index in [1.165, 1.54) is 24.0 Å². The van der Waals surface area contributed by atoms with Gasteiger partial charge >= 0.3 is 0 Å². The van der Waals surface area contributed by atoms with Crippen LogP contribution >= 0.6 is 11.8 Å². The van der Waals surface area contributed by atoms with E-state index in [0.717, 1.165) is 25.1 Å². The van der Waals surface area contributed by atoms with E-state index in [-0.39, 0.29) is 11.9 Å². The summed E-state index contributed by atoms with van der Waals surface area (Å²) in [6.45, 7) is 2.99. The van der Waals surface area contributed by atoms with Crippen molar-refractivity contribution in [1.82, 2.24) is 10.6 Å². The van der Waals surface area contributed by atoms with Crippen LogP contribution < -0.4 is 10.6 Å². The van der Waals surface area contributed by atoms with Gasteiger partial charge in [0.2, 0.25) is 5.91 Å². The second kappa shape index (κ2) is 6.84. The third-order valence-corrected chi connectivity index (χ3v) is 5.88. The molecule has 3 rings (SSSR count). The Morgan fingerprint density at radius 2 is 2.14 bits per heavy atom. The van der Waals surface area contributed by atoms with E-state index in [9.17, 15) is 4.79 Å². The fourth-order valence-electron chi connectivity index (χ4n) is 3.43. The van der Waals surface area contributed by atoms with Crippen molar-refractivity contribution in [3.05, 3.63) is 35.4 Å². The number of carbonyl (C=O) groups excluding carboxylic acids is 1. The van der Waals surface area contributed by atoms with Gasteiger partial charge in [-0.15, -0.1) is 0 Å². The Kier molecular flexibility index (Phi) is 4.86. The van der Waals surface area contributed by atoms with Gasteiger partial charge in [0.1, 0.15) is 0 Å². The van der Waals surface area contributed by atoms with E-state index in [1.54, 1.807) is 0 Å². The van der Waals surface area contributed by atoms with Crippen molar-refractivity contribution in [2.45, 2.75) is 56.5 Å². The molecule has 3 nitrogen and oxygen atoms in total. The fraction of sp³-hybridized carbons (Fsp3) is 0.588. The highest BCUT2D eigenvalue weighted by atomic mass is 32.2. The number of amides is 1. The predicted molar refractivity (Wildman–Crippen MR) is 88.5 cm³/mol. The molecule has 0 radical (unpaired) electrons. The lowest BCUT2D eigenvalue weighted by molar-refractivity contribution is -0.124. The molecule has 1 aromatic carbocycles. The van der Waals surface area contributed by atoms with E-state index >= 15 is 0 Å². The summed E-state index contributed by atoms with van der Waals surface area (Å²) in [6, 6.07) is 8.69. The summed E-state index contributed by atoms with van der Waals surface area (Å²) >= 11 is 1.99. The molecule has 1 fully saturated rings. The van der Waals surface area contributed by atoms with E-state index in [0.29, 0.717) is 11.3 Å². The molecule has 0 spiro atoms. The van der Waals surface area contributed by atoms with Crippen molar-refractivity contribution in [2.75, 3.05) is 5.75 Å². The topological polar surface area (TPSA) is 41.1 Å². The van der Waals surface area contributed by atoms with Crippen LogP contribution in [0.25, 0.3) is 0 Å². The largest absolute Gasteiger partial charge is 0.351 e. The van der Waals surface area contributed by atoms with E-state index in [2.05, 4.69) is 41.8 Å². The zero-order valence-corrected chi connectivity index (χ0v) is 13.4. The van der Waals surface area contributed by atoms with Crippen molar-refractivity contribution in [3.63, 3.8) is 0 Å². The second-order valence-corrected chi connectivity index (χ2v) is 7.46. The Morgan fingerprint density at radius 1 is 1.33 bits per heavy atom. The molecule has 1 aliphatic heterocycles. The van der Waals surface area contributed by atoms with Crippen LogP contribution in [0.2, 0.25) is 0 Å². The van der Waals surface area contributed by atoms with Crippen molar-refractivity contribution in [2.24, 2.45) is 0 Å². The van der Waals surface area contributed by atoms with Crippen LogP contribution in [0.3, 0.4) is 0 Å². The molecule has 2 N–H and O–H groups in total. The van der Waals surface area contributed by atoms with Crippen LogP contribution in [0, 0.1) is 0 Å². The highest BCUT2D eigenvalue weighted by molar-refractivity contribution is 7.99. The van der Waals surface area contributed by atoms with Gasteiger partial charge in [-0.1, -0.05) is 37.6 Å². The molecule has 1 amide bonds. The van der Waals surface area contributed by atoms with Gasteiger partial charge in [0, 0.05) is 17.8 Å². The molecule has 0 aromatic heterocycles. The Morgan fingerprint density at radius 3 is 2.95 bits per heavy atom. The number of hydrogen-bond donors (Lipinski definition) is 2. The van der Waals surface area contributed by atoms with E-state index in [4.69, 9.17) is 0 Å². The van der Waals surface area contributed by atoms with Gasteiger partial charge in [0.05, 0.1) is 6.04 Å². The first-order valence-corrected chi connectivity index (χ1v) is 9.05. The Balaban J connectivity index is 1.59. The minimum absolute atomic E-state index is 0.0761. The lowest BCUT2D eigenvalue weighted by atomic mass is 9.95. The molecule has 0 saturated heterocycles. The first-order chi connectivity index (χ1) is 10.3. The average molecular weight is 304 g/mol. The number of hydrogen-bond acceptors (Lipinski definition) is 3. The zero-order valence-electron chi connectivity index (χ0n) is 12.6. The Hall–Kier alpha value is -1.00. The maximum atomic E-state index is 12.5. The third-order valence-electron chi connectivity index (χ3n) is 4.56. The quantitative estimate of drug-likeness (QED) is 0.898. The SMILES string of the molecule is CCSC1CCCC1NC(=O)C1Cc2ccccc2CN1. The van der Waals surface area contributed by atoms with Crippen LogP contribution in [0.15, 0.2) is 24.3 Å². The molecular formula is C17H24N2OS. The van der Waals surface area contributed by atoms with Crippen LogP contribution in [0.5, 0.6) is 0 Å². The van der Waals surface area contributed by atoms with Gasteiger partial charge in [-0.2, -0.15) is 11.8 Å². The Labute approximate surface area is 131 Å². The maximum Gasteiger partial charge on any atom is 0.237 e. The first kappa shape index (κ1) is 14.9. The minimum Gasteiger partial charge on any atom is -0.351 e. The number of carbonyl (C=O) groups is 1. The number of nitrogens with one attached hydrogen (secondary N) is 2. The van der Waals surface area contributed by atoms with Gasteiger partial charge in [-0.3, -0.25) is 4.79 Å². The monoisotopic (exact) mass is 304 g/mol. The summed E-state index contributed by atoms with van der Waals surface area (Å²) in [4.78, 5) is 12.5. The smallest absolute Gasteiger partial charge is 0.237 e. The van der Waals surface area contributed by atoms with Crippen LogP contribution in [0.1, 0.15) is 37.3 Å². The highest BCUT2D eigenvalue weighted by Gasteiger charge is 2.31. The molecule has 21 heavy (non-hydrogen) atoms. The van der Waals surface area contributed by atoms with Crippen molar-refractivity contribution >= 4 is 17.7 Å². The molecule has 114 valence electrons. The average Bonchev–Trinajstić information content (AvgIpc) is 2.94. The first-order valence-electron chi connectivity index (χ1n) is 8.00. The zero-order chi connectivity index (χ0) is 14.7. The molecule has 3 atom stereocenters. The summed E-state index contributed by atoms with van der Waals surface area (Å²) in [5, 5.41) is 7.28. The number of fused-ring (bicyclic) bond motifs is 1. The normalized spacial score (nSPS) is 28.1. The van der Waals surface area contributed by atoms with Crippen LogP contribution in [-0.2, 0) is 17.8 Å². The Bertz CT molecular complexity index is 505. The van der Waals surface area contributed by atoms with Gasteiger partial charge < -0.3 is 10.6 Å². The fourth-order valence-corrected chi connectivity index (χ4v) is 4.63. The molecule has 1 heterocycles. The third kappa shape index (κ3) is 3.43. The van der Waals surface area contributed by atoms with Gasteiger partial charge in [0.25, 0.3) is 0 Å². The second-order valence-electron chi connectivity index (χ2n) is 5.95. The van der Waals surface area contributed by atoms with Crippen LogP contribution in [-0.4, -0.2) is 29.0 Å². The molecule has 3 unspecified atom stereocenters. The van der Waals surface area contributed by atoms with Crippen molar-refractivity contribution in [3.8, 4) is 0 Å². The summed E-state index contributed by atoms with van der Waals surface area (Å²) in [5.74, 6) is 1.31. The molecule has 2 aliphatic rings. The summed E-state index contributed by atoms with van der Waals surface area (Å²) in [5.41, 5.74) is 2.63. The highest BCUT2D eigenvalue weighted by Crippen LogP contribution is 2.30. The molecule has 4 heteroatoms. The van der Waals surface area contributed by atoms with Crippen molar-refractivity contribution in [1.29, 1.82) is 0 Å². The molecule has 1 saturated carbocycles. The minimum atomic E-state index is -0.0761. The van der Waals surface area contributed by atoms with Gasteiger partial charge in [-0.25, -0.2) is 0 Å². The number of thioether (sulfide) groups is 1. The number of benzene rings is 1. The molecule has 0 bridgehead atoms. The lowest BCUT2D eigenvalue weighted by Crippen LogP contribution is -2.51. The predicted octanol–water partition coefficient (Wildman–Crippen LogP) is 2.49. The summed E-state index contributed by atoms with van der Waals surface area (Å²) in [7, 11) is 0. The summed E-state index contributed by atoms with van der Waals surface area (Å²) < 4.78 is 0. The maximum absolute atomic E-state index is 12.5. The number of rotatable bonds is 4. The van der Waals surface area contributed by atoms with E-state index in [1.807, 2.05) is 11.8 Å². The van der Waals surface area contributed by atoms with Gasteiger partial charge in [-0.05, 0) is 36.1 Å². The molecule has 1 aliphatic carbocycles. The lowest BCUT2D eigenvalue weighted by Gasteiger charge is -2.28. The van der Waals surface area contributed by atoms with E-state index < -0.39 is 0 Å². The van der Waals surface area contributed by atoms with Crippen molar-refractivity contribution < 1.29 is 4.79 Å².